The van der Waals surface area contributed by atoms with Gasteiger partial charge in [-0.3, -0.25) is 0 Å². The molecule has 0 heterocycles. The Hall–Kier alpha value is -4.38. The van der Waals surface area contributed by atoms with Crippen molar-refractivity contribution in [3.8, 4) is 0 Å². The largest absolute Gasteiger partial charge is 0.147 e. The summed E-state index contributed by atoms with van der Waals surface area (Å²) in [6.07, 6.45) is 0. The molecule has 0 aliphatic rings. The van der Waals surface area contributed by atoms with Crippen LogP contribution in [0.4, 0.5) is 0 Å². The van der Waals surface area contributed by atoms with Crippen LogP contribution in [-0.2, 0) is 0 Å². The summed E-state index contributed by atoms with van der Waals surface area (Å²) in [5.41, 5.74) is 0. The van der Waals surface area contributed by atoms with Gasteiger partial charge < -0.3 is 0 Å². The molecule has 0 amide bonds. The maximum Gasteiger partial charge on any atom is 0.147 e. The highest BCUT2D eigenvalue weighted by atomic mass is 31.1. The molecule has 0 N–H and O–H groups in total. The van der Waals surface area contributed by atoms with Crippen molar-refractivity contribution in [3.63, 3.8) is 0 Å². The van der Waals surface area contributed by atoms with Gasteiger partial charge in [0.05, 0.1) is 0 Å². The zero-order valence-corrected chi connectivity index (χ0v) is 28.7. The maximum absolute atomic E-state index is 2.59. The minimum atomic E-state index is -2.59. The lowest BCUT2D eigenvalue weighted by molar-refractivity contribution is 1.69. The zero-order valence-electron chi connectivity index (χ0n) is 25.9. The van der Waals surface area contributed by atoms with Gasteiger partial charge >= 0.3 is 0 Å². The third-order valence-electron chi connectivity index (χ3n) is 8.78. The molecule has 0 bridgehead atoms. The smallest absolute Gasteiger partial charge is 0.0624 e. The fraction of sp³-hybridized carbons (Fsp3) is 0.0233. The highest BCUT2D eigenvalue weighted by Crippen LogP contribution is 2.35. The molecule has 0 aliphatic heterocycles. The van der Waals surface area contributed by atoms with Crippen LogP contribution in [0.2, 0.25) is 6.55 Å². The third kappa shape index (κ3) is 5.95. The normalized spacial score (nSPS) is 11.5. The highest BCUT2D eigenvalue weighted by Gasteiger charge is 2.40. The first-order chi connectivity index (χ1) is 22.7. The predicted molar refractivity (Wildman–Crippen MR) is 207 cm³/mol. The van der Waals surface area contributed by atoms with Crippen molar-refractivity contribution >= 4 is 71.3 Å². The van der Waals surface area contributed by atoms with Gasteiger partial charge in [0, 0.05) is 0 Å². The second kappa shape index (κ2) is 13.9. The van der Waals surface area contributed by atoms with Crippen LogP contribution in [0.3, 0.4) is 0 Å². The molecule has 222 valence electrons. The first kappa shape index (κ1) is 30.3. The first-order valence-corrected chi connectivity index (χ1v) is 21.0. The number of hydrogen-bond acceptors (Lipinski definition) is 0. The van der Waals surface area contributed by atoms with Crippen LogP contribution in [0.15, 0.2) is 200 Å². The maximum atomic E-state index is 2.59. The van der Waals surface area contributed by atoms with E-state index >= 15 is 0 Å². The van der Waals surface area contributed by atoms with Gasteiger partial charge in [-0.1, -0.05) is 207 Å². The van der Waals surface area contributed by atoms with Gasteiger partial charge in [-0.05, 0) is 63.2 Å². The molecular formula is C43H36P2Si. The molecule has 0 atom stereocenters. The monoisotopic (exact) mass is 642 g/mol. The number of rotatable bonds is 9. The summed E-state index contributed by atoms with van der Waals surface area (Å²) in [5.74, 6) is 0. The van der Waals surface area contributed by atoms with Gasteiger partial charge in [0.1, 0.15) is 8.07 Å². The van der Waals surface area contributed by atoms with Crippen LogP contribution >= 0.6 is 15.8 Å². The second-order valence-corrected chi connectivity index (χ2v) is 19.8. The van der Waals surface area contributed by atoms with E-state index in [0.29, 0.717) is 0 Å². The minimum absolute atomic E-state index is 0.784. The Bertz CT molecular complexity index is 1790. The Morgan fingerprint density at radius 3 is 0.891 bits per heavy atom. The summed E-state index contributed by atoms with van der Waals surface area (Å²) in [6, 6.07) is 74.6. The molecule has 0 saturated heterocycles. The molecule has 46 heavy (non-hydrogen) atoms. The fourth-order valence-corrected chi connectivity index (χ4v) is 17.1. The van der Waals surface area contributed by atoms with E-state index in [-0.39, 0.29) is 0 Å². The zero-order chi connectivity index (χ0) is 31.2. The molecule has 0 saturated carbocycles. The van der Waals surface area contributed by atoms with Crippen LogP contribution in [0, 0.1) is 0 Å². The predicted octanol–water partition coefficient (Wildman–Crippen LogP) is 6.30. The van der Waals surface area contributed by atoms with E-state index < -0.39 is 23.9 Å². The summed E-state index contributed by atoms with van der Waals surface area (Å²) in [6.45, 7) is 2.59. The summed E-state index contributed by atoms with van der Waals surface area (Å²) in [7, 11) is -4.16. The minimum Gasteiger partial charge on any atom is -0.0624 e. The molecule has 0 aromatic heterocycles. The second-order valence-electron chi connectivity index (χ2n) is 11.5. The molecule has 0 unspecified atom stereocenters. The molecule has 0 nitrogen and oxygen atoms in total. The van der Waals surface area contributed by atoms with E-state index in [4.69, 9.17) is 0 Å². The fourth-order valence-electron chi connectivity index (χ4n) is 6.57. The molecule has 7 rings (SSSR count). The van der Waals surface area contributed by atoms with Crippen LogP contribution in [0.5, 0.6) is 0 Å². The van der Waals surface area contributed by atoms with Crippen molar-refractivity contribution in [3.05, 3.63) is 200 Å². The van der Waals surface area contributed by atoms with Crippen LogP contribution < -0.4 is 47.4 Å². The third-order valence-corrected chi connectivity index (χ3v) is 18.7. The van der Waals surface area contributed by atoms with Crippen molar-refractivity contribution < 1.29 is 0 Å². The number of benzene rings is 7. The molecule has 0 aliphatic carbocycles. The highest BCUT2D eigenvalue weighted by molar-refractivity contribution is 7.81. The molecule has 0 spiro atoms. The van der Waals surface area contributed by atoms with Gasteiger partial charge in [-0.15, -0.1) is 0 Å². The Balaban J connectivity index is 1.53. The summed E-state index contributed by atoms with van der Waals surface area (Å²) in [5, 5.41) is 12.8. The topological polar surface area (TPSA) is 0 Å². The van der Waals surface area contributed by atoms with E-state index in [1.807, 2.05) is 0 Å². The van der Waals surface area contributed by atoms with Gasteiger partial charge in [-0.2, -0.15) is 0 Å². The Labute approximate surface area is 277 Å². The van der Waals surface area contributed by atoms with E-state index in [9.17, 15) is 0 Å². The first-order valence-electron chi connectivity index (χ1n) is 15.8. The van der Waals surface area contributed by atoms with Gasteiger partial charge in [0.2, 0.25) is 0 Å². The van der Waals surface area contributed by atoms with E-state index in [1.165, 1.54) is 47.4 Å². The molecule has 0 radical (unpaired) electrons. The van der Waals surface area contributed by atoms with Crippen molar-refractivity contribution in [1.82, 2.24) is 0 Å². The van der Waals surface area contributed by atoms with Crippen molar-refractivity contribution in [2.45, 2.75) is 6.55 Å². The molecular weight excluding hydrogens is 607 g/mol. The summed E-state index contributed by atoms with van der Waals surface area (Å²) < 4.78 is 0. The number of hydrogen-bond donors (Lipinski definition) is 0. The van der Waals surface area contributed by atoms with E-state index in [1.54, 1.807) is 0 Å². The van der Waals surface area contributed by atoms with E-state index in [2.05, 4.69) is 207 Å². The Morgan fingerprint density at radius 1 is 0.304 bits per heavy atom. The van der Waals surface area contributed by atoms with Crippen LogP contribution in [0.1, 0.15) is 0 Å². The standard InChI is InChI=1S/C43H36P2Si/c1-46(39-29-15-6-16-30-39,42-33-19-17-31-40(42)44(35-21-7-2-8-22-35)36-23-9-3-10-24-36)43-34-20-18-32-41(43)45(37-25-11-4-12-26-37)38-27-13-5-14-28-38/h2-34H,1H3. The van der Waals surface area contributed by atoms with Crippen molar-refractivity contribution in [2.24, 2.45) is 0 Å². The molecule has 7 aromatic carbocycles. The molecule has 7 aromatic rings. The Kier molecular flexibility index (Phi) is 9.18. The lowest BCUT2D eigenvalue weighted by atomic mass is 10.3. The summed E-state index contributed by atoms with van der Waals surface area (Å²) >= 11 is 0. The average Bonchev–Trinajstić information content (AvgIpc) is 3.14. The van der Waals surface area contributed by atoms with Crippen molar-refractivity contribution in [1.29, 1.82) is 0 Å². The SMILES string of the molecule is C[Si](c1ccccc1)(c1ccccc1P(c1ccccc1)c1ccccc1)c1ccccc1P(c1ccccc1)c1ccccc1. The van der Waals surface area contributed by atoms with Gasteiger partial charge in [0.15, 0.2) is 0 Å². The van der Waals surface area contributed by atoms with Gasteiger partial charge in [0.25, 0.3) is 0 Å². The quantitative estimate of drug-likeness (QED) is 0.0985. The van der Waals surface area contributed by atoms with Crippen LogP contribution in [0.25, 0.3) is 0 Å². The molecule has 0 fully saturated rings. The van der Waals surface area contributed by atoms with E-state index in [0.717, 1.165) is 0 Å². The van der Waals surface area contributed by atoms with Crippen LogP contribution in [-0.4, -0.2) is 8.07 Å². The van der Waals surface area contributed by atoms with Gasteiger partial charge in [-0.25, -0.2) is 0 Å². The lowest BCUT2D eigenvalue weighted by Crippen LogP contribution is -2.71. The lowest BCUT2D eigenvalue weighted by Gasteiger charge is -2.36. The average molecular weight is 643 g/mol. The van der Waals surface area contributed by atoms with Crippen molar-refractivity contribution in [2.75, 3.05) is 0 Å². The Morgan fingerprint density at radius 2 is 0.565 bits per heavy atom. The summed E-state index contributed by atoms with van der Waals surface area (Å²) in [4.78, 5) is 0. The molecule has 3 heteroatoms.